The third-order valence-electron chi connectivity index (χ3n) is 4.26. The van der Waals surface area contributed by atoms with E-state index in [9.17, 15) is 0 Å². The van der Waals surface area contributed by atoms with E-state index >= 15 is 0 Å². The minimum absolute atomic E-state index is 0.277. The highest BCUT2D eigenvalue weighted by Crippen LogP contribution is 2.38. The Labute approximate surface area is 134 Å². The number of rotatable bonds is 3. The van der Waals surface area contributed by atoms with Crippen molar-refractivity contribution in [3.63, 3.8) is 0 Å². The van der Waals surface area contributed by atoms with Crippen LogP contribution in [0.15, 0.2) is 18.2 Å². The van der Waals surface area contributed by atoms with Gasteiger partial charge in [-0.15, -0.1) is 0 Å². The first-order chi connectivity index (χ1) is 10.6. The topological polar surface area (TPSA) is 39.5 Å². The van der Waals surface area contributed by atoms with Crippen LogP contribution in [0.5, 0.6) is 11.5 Å². The highest BCUT2D eigenvalue weighted by atomic mass is 35.5. The number of hydrogen-bond donors (Lipinski definition) is 0. The first-order valence-electron chi connectivity index (χ1n) is 7.43. The van der Waals surface area contributed by atoms with Crippen LogP contribution in [0.1, 0.15) is 23.0 Å². The van der Waals surface area contributed by atoms with Crippen LogP contribution < -0.4 is 9.47 Å². The zero-order chi connectivity index (χ0) is 15.3. The van der Waals surface area contributed by atoms with Gasteiger partial charge >= 0.3 is 0 Å². The molecule has 2 aromatic rings. The Kier molecular flexibility index (Phi) is 3.27. The van der Waals surface area contributed by atoms with Crippen LogP contribution in [-0.4, -0.2) is 34.6 Å². The van der Waals surface area contributed by atoms with Gasteiger partial charge in [-0.1, -0.05) is 11.6 Å². The van der Waals surface area contributed by atoms with Crippen molar-refractivity contribution < 1.29 is 9.47 Å². The molecule has 2 aliphatic rings. The van der Waals surface area contributed by atoms with E-state index in [-0.39, 0.29) is 6.79 Å². The quantitative estimate of drug-likeness (QED) is 0.872. The molecule has 4 rings (SSSR count). The summed E-state index contributed by atoms with van der Waals surface area (Å²) in [7, 11) is 0. The van der Waals surface area contributed by atoms with Gasteiger partial charge in [-0.05, 0) is 31.5 Å². The van der Waals surface area contributed by atoms with Crippen LogP contribution >= 0.6 is 11.6 Å². The van der Waals surface area contributed by atoms with Crippen molar-refractivity contribution in [2.24, 2.45) is 0 Å². The van der Waals surface area contributed by atoms with Crippen LogP contribution in [-0.2, 0) is 6.54 Å². The Morgan fingerprint density at radius 3 is 2.59 bits per heavy atom. The van der Waals surface area contributed by atoms with Gasteiger partial charge in [0.05, 0.1) is 11.7 Å². The minimum atomic E-state index is 0.277. The molecule has 0 bridgehead atoms. The van der Waals surface area contributed by atoms with E-state index in [0.29, 0.717) is 6.04 Å². The number of aromatic nitrogens is 2. The second-order valence-corrected chi connectivity index (χ2v) is 6.42. The fourth-order valence-corrected chi connectivity index (χ4v) is 3.38. The highest BCUT2D eigenvalue weighted by Gasteiger charge is 2.30. The molecular weight excluding hydrogens is 302 g/mol. The molecule has 1 fully saturated rings. The lowest BCUT2D eigenvalue weighted by atomic mass is 10.1. The Bertz CT molecular complexity index is 722. The number of halogens is 1. The molecule has 0 spiro atoms. The zero-order valence-corrected chi connectivity index (χ0v) is 13.4. The zero-order valence-electron chi connectivity index (χ0n) is 12.7. The summed E-state index contributed by atoms with van der Waals surface area (Å²) in [6.45, 7) is 7.23. The lowest BCUT2D eigenvalue weighted by Gasteiger charge is -2.40. The molecule has 116 valence electrons. The summed E-state index contributed by atoms with van der Waals surface area (Å²) >= 11 is 6.34. The normalized spacial score (nSPS) is 17.8. The second-order valence-electron chi connectivity index (χ2n) is 6.02. The minimum Gasteiger partial charge on any atom is -0.454 e. The van der Waals surface area contributed by atoms with E-state index in [1.165, 1.54) is 5.69 Å². The summed E-state index contributed by atoms with van der Waals surface area (Å²) in [5.41, 5.74) is 3.38. The first-order valence-corrected chi connectivity index (χ1v) is 7.81. The first kappa shape index (κ1) is 13.9. The van der Waals surface area contributed by atoms with E-state index < -0.39 is 0 Å². The third-order valence-corrected chi connectivity index (χ3v) is 4.62. The molecule has 1 saturated heterocycles. The molecule has 1 aromatic carbocycles. The lowest BCUT2D eigenvalue weighted by molar-refractivity contribution is 0.0893. The van der Waals surface area contributed by atoms with Crippen molar-refractivity contribution in [3.8, 4) is 11.5 Å². The average molecular weight is 320 g/mol. The van der Waals surface area contributed by atoms with Gasteiger partial charge < -0.3 is 9.47 Å². The van der Waals surface area contributed by atoms with Crippen LogP contribution in [0.3, 0.4) is 0 Å². The van der Waals surface area contributed by atoms with Crippen molar-refractivity contribution in [1.82, 2.24) is 14.7 Å². The smallest absolute Gasteiger partial charge is 0.231 e. The van der Waals surface area contributed by atoms with Gasteiger partial charge in [-0.3, -0.25) is 9.58 Å². The van der Waals surface area contributed by atoms with Gasteiger partial charge in [0.15, 0.2) is 11.5 Å². The molecule has 0 saturated carbocycles. The van der Waals surface area contributed by atoms with E-state index in [4.69, 9.17) is 21.1 Å². The summed E-state index contributed by atoms with van der Waals surface area (Å²) in [5.74, 6) is 1.52. The monoisotopic (exact) mass is 319 g/mol. The molecule has 0 unspecified atom stereocenters. The molecule has 1 aromatic heterocycles. The maximum absolute atomic E-state index is 6.34. The summed E-state index contributed by atoms with van der Waals surface area (Å²) in [4.78, 5) is 2.37. The van der Waals surface area contributed by atoms with Crippen molar-refractivity contribution in [2.75, 3.05) is 19.9 Å². The largest absolute Gasteiger partial charge is 0.454 e. The second kappa shape index (κ2) is 5.18. The maximum atomic E-state index is 6.34. The Morgan fingerprint density at radius 1 is 1.18 bits per heavy atom. The molecule has 3 heterocycles. The van der Waals surface area contributed by atoms with Gasteiger partial charge in [0.2, 0.25) is 6.79 Å². The van der Waals surface area contributed by atoms with Gasteiger partial charge in [-0.25, -0.2) is 0 Å². The van der Waals surface area contributed by atoms with Crippen LogP contribution in [0.4, 0.5) is 0 Å². The Balaban J connectivity index is 1.43. The molecule has 0 amide bonds. The summed E-state index contributed by atoms with van der Waals surface area (Å²) in [6.07, 6.45) is 0. The number of fused-ring (bicyclic) bond motifs is 1. The summed E-state index contributed by atoms with van der Waals surface area (Å²) in [6, 6.07) is 6.41. The van der Waals surface area contributed by atoms with E-state index in [0.717, 1.165) is 47.4 Å². The maximum Gasteiger partial charge on any atom is 0.231 e. The van der Waals surface area contributed by atoms with Crippen molar-refractivity contribution >= 4 is 11.6 Å². The van der Waals surface area contributed by atoms with Crippen LogP contribution in [0.25, 0.3) is 0 Å². The Morgan fingerprint density at radius 2 is 1.91 bits per heavy atom. The van der Waals surface area contributed by atoms with Gasteiger partial charge in [0.25, 0.3) is 0 Å². The standard InChI is InChI=1S/C16H18ClN3O2/c1-10-3-11(2)20(18-10)13-7-19(8-13)6-12-4-15-16(5-14(12)17)22-9-21-15/h3-5,13H,6-9H2,1-2H3. The molecule has 22 heavy (non-hydrogen) atoms. The lowest BCUT2D eigenvalue weighted by Crippen LogP contribution is -2.47. The number of ether oxygens (including phenoxy) is 2. The van der Waals surface area contributed by atoms with Crippen molar-refractivity contribution in [2.45, 2.75) is 26.4 Å². The highest BCUT2D eigenvalue weighted by molar-refractivity contribution is 6.31. The predicted octanol–water partition coefficient (Wildman–Crippen LogP) is 2.94. The SMILES string of the molecule is Cc1cc(C)n(C2CN(Cc3cc4c(cc3Cl)OCO4)C2)n1. The molecule has 6 heteroatoms. The number of aryl methyl sites for hydroxylation is 2. The van der Waals surface area contributed by atoms with Crippen molar-refractivity contribution in [1.29, 1.82) is 0 Å². The number of hydrogen-bond acceptors (Lipinski definition) is 4. The molecule has 2 aliphatic heterocycles. The van der Waals surface area contributed by atoms with E-state index in [2.05, 4.69) is 27.7 Å². The molecular formula is C16H18ClN3O2. The van der Waals surface area contributed by atoms with Gasteiger partial charge in [0, 0.05) is 36.4 Å². The third kappa shape index (κ3) is 2.34. The van der Waals surface area contributed by atoms with E-state index in [1.54, 1.807) is 0 Å². The Hall–Kier alpha value is -1.72. The van der Waals surface area contributed by atoms with Gasteiger partial charge in [-0.2, -0.15) is 5.10 Å². The predicted molar refractivity (Wildman–Crippen MR) is 83.6 cm³/mol. The fraction of sp³-hybridized carbons (Fsp3) is 0.438. The fourth-order valence-electron chi connectivity index (χ4n) is 3.16. The number of benzene rings is 1. The average Bonchev–Trinajstić information content (AvgIpc) is 2.99. The molecule has 0 radical (unpaired) electrons. The molecule has 5 nitrogen and oxygen atoms in total. The number of nitrogens with zero attached hydrogens (tertiary/aromatic N) is 3. The number of likely N-dealkylation sites (tertiary alicyclic amines) is 1. The van der Waals surface area contributed by atoms with Crippen LogP contribution in [0.2, 0.25) is 5.02 Å². The summed E-state index contributed by atoms with van der Waals surface area (Å²) in [5, 5.41) is 5.30. The van der Waals surface area contributed by atoms with Crippen LogP contribution in [0, 0.1) is 13.8 Å². The van der Waals surface area contributed by atoms with E-state index in [1.807, 2.05) is 19.1 Å². The van der Waals surface area contributed by atoms with Gasteiger partial charge in [0.1, 0.15) is 0 Å². The van der Waals surface area contributed by atoms with Crippen molar-refractivity contribution in [3.05, 3.63) is 40.2 Å². The molecule has 0 atom stereocenters. The molecule has 0 aliphatic carbocycles. The summed E-state index contributed by atoms with van der Waals surface area (Å²) < 4.78 is 12.9. The molecule has 0 N–H and O–H groups in total.